The van der Waals surface area contributed by atoms with E-state index in [2.05, 4.69) is 241 Å². The topological polar surface area (TPSA) is 200 Å². The van der Waals surface area contributed by atoms with Crippen LogP contribution in [0.1, 0.15) is 59.7 Å². The number of fused-ring (bicyclic) bond motifs is 4. The van der Waals surface area contributed by atoms with Crippen LogP contribution < -0.4 is 38.6 Å². The molecule has 15 aromatic rings. The number of aromatic hydroxyl groups is 2. The molecule has 0 aromatic heterocycles. The lowest BCUT2D eigenvalue weighted by molar-refractivity contribution is -0.115. The van der Waals surface area contributed by atoms with E-state index in [-0.39, 0.29) is 20.2 Å². The van der Waals surface area contributed by atoms with E-state index < -0.39 is 7.12 Å². The maximum absolute atomic E-state index is 11.7. The molecule has 4 N–H and O–H groups in total. The second kappa shape index (κ2) is 45.6. The number of aldehydes is 2. The van der Waals surface area contributed by atoms with E-state index >= 15 is 0 Å². The smallest absolute Gasteiger partial charge is 0.488 e. The molecule has 1 amide bonds. The number of rotatable bonds is 17. The number of amides is 1. The number of benzene rings is 15. The molecular weight excluding hydrogens is 1970 g/mol. The number of carbonyl (C=O) groups is 3. The molecule has 0 aliphatic carbocycles. The van der Waals surface area contributed by atoms with Crippen molar-refractivity contribution >= 4 is 170 Å². The summed E-state index contributed by atoms with van der Waals surface area (Å²) >= 11 is 14.1. The summed E-state index contributed by atoms with van der Waals surface area (Å²) in [4.78, 5) is 34.0. The highest BCUT2D eigenvalue weighted by Crippen LogP contribution is 2.47. The van der Waals surface area contributed by atoms with Crippen LogP contribution in [0.5, 0.6) is 51.7 Å². The Kier molecular flexibility index (Phi) is 35.6. The van der Waals surface area contributed by atoms with Gasteiger partial charge in [-0.05, 0) is 340 Å². The van der Waals surface area contributed by atoms with Gasteiger partial charge >= 0.3 is 10.3 Å². The van der Waals surface area contributed by atoms with Gasteiger partial charge in [-0.25, -0.2) is 0 Å². The quantitative estimate of drug-likeness (QED) is 0.0381. The van der Waals surface area contributed by atoms with Gasteiger partial charge in [-0.3, -0.25) is 14.4 Å². The molecule has 0 fully saturated rings. The van der Waals surface area contributed by atoms with Crippen LogP contribution in [0.3, 0.4) is 0 Å². The van der Waals surface area contributed by atoms with Crippen molar-refractivity contribution in [3.63, 3.8) is 0 Å². The lowest BCUT2D eigenvalue weighted by Crippen LogP contribution is -2.31. The number of ether oxygens (including phenoxy) is 7. The van der Waals surface area contributed by atoms with Gasteiger partial charge in [0.25, 0.3) is 0 Å². The van der Waals surface area contributed by atoms with E-state index in [0.717, 1.165) is 124 Å². The fourth-order valence-corrected chi connectivity index (χ4v) is 16.7. The van der Waals surface area contributed by atoms with Gasteiger partial charge in [0, 0.05) is 26.6 Å². The van der Waals surface area contributed by atoms with E-state index in [4.69, 9.17) is 43.2 Å². The average Bonchev–Trinajstić information content (AvgIpc) is 0.765. The Labute approximate surface area is 772 Å². The molecule has 630 valence electrons. The number of phenolic OH excluding ortho intramolecular Hbond substituents is 2. The third-order valence-corrected chi connectivity index (χ3v) is 22.3. The van der Waals surface area contributed by atoms with Crippen LogP contribution in [0.25, 0.3) is 110 Å². The fourth-order valence-electron chi connectivity index (χ4n) is 14.6. The Morgan fingerprint density at radius 2 is 0.593 bits per heavy atom. The molecule has 0 aliphatic heterocycles. The summed E-state index contributed by atoms with van der Waals surface area (Å²) in [6.07, 6.45) is 2.26. The van der Waals surface area contributed by atoms with Crippen molar-refractivity contribution in [2.75, 3.05) is 63.9 Å². The first-order valence-electron chi connectivity index (χ1n) is 38.8. The lowest BCUT2D eigenvalue weighted by atomic mass is 9.77. The number of phenols is 2. The molecule has 0 unspecified atom stereocenters. The zero-order chi connectivity index (χ0) is 89.5. The van der Waals surface area contributed by atoms with Gasteiger partial charge in [0.1, 0.15) is 28.7 Å². The molecule has 15 aromatic carbocycles. The summed E-state index contributed by atoms with van der Waals surface area (Å²) in [5.74, 6) is 4.95. The number of carbonyl (C=O) groups excluding carboxylic acids is 3. The van der Waals surface area contributed by atoms with E-state index in [1.165, 1.54) is 74.1 Å². The van der Waals surface area contributed by atoms with Gasteiger partial charge < -0.3 is 58.3 Å². The summed E-state index contributed by atoms with van der Waals surface area (Å²) in [6.45, 7) is 14.1. The van der Waals surface area contributed by atoms with Gasteiger partial charge in [0.05, 0.1) is 60.9 Å². The second-order valence-electron chi connectivity index (χ2n) is 28.7. The van der Waals surface area contributed by atoms with Crippen molar-refractivity contribution in [3.05, 3.63) is 306 Å². The summed E-state index contributed by atoms with van der Waals surface area (Å²) < 4.78 is 40.5. The molecule has 22 heteroatoms. The van der Waals surface area contributed by atoms with E-state index in [9.17, 15) is 24.6 Å². The number of hydrogen-bond donors (Lipinski definition) is 4. The van der Waals surface area contributed by atoms with E-state index in [1.54, 1.807) is 100 Å². The third-order valence-electron chi connectivity index (χ3n) is 20.6. The largest absolute Gasteiger partial charge is 0.507 e. The summed E-state index contributed by atoms with van der Waals surface area (Å²) in [6, 6.07) is 82.9. The molecule has 0 radical (unpaired) electrons. The average molecular weight is 2060 g/mol. The Hall–Kier alpha value is -10.7. The minimum atomic E-state index is -1.41. The highest BCUT2D eigenvalue weighted by atomic mass is 127. The summed E-state index contributed by atoms with van der Waals surface area (Å²) in [5, 5.41) is 47.5. The van der Waals surface area contributed by atoms with Crippen LogP contribution in [0, 0.1) is 55.6 Å². The predicted octanol–water partition coefficient (Wildman–Crippen LogP) is 25.1. The van der Waals surface area contributed by atoms with Crippen molar-refractivity contribution in [3.8, 4) is 119 Å². The molecule has 0 aliphatic rings. The number of methoxy groups -OCH3 is 7. The molecule has 0 spiro atoms. The zero-order valence-corrected chi connectivity index (χ0v) is 80.3. The number of aryl methyl sites for hydroxylation is 7. The lowest BCUT2D eigenvalue weighted by Gasteiger charge is -2.18. The number of hydrogen-bond acceptors (Lipinski definition) is 14. The molecular formula is C101H96B2Br3I2NO14. The first-order chi connectivity index (χ1) is 59.0. The maximum Gasteiger partial charge on any atom is 0.488 e. The van der Waals surface area contributed by atoms with Crippen molar-refractivity contribution in [1.29, 1.82) is 0 Å². The van der Waals surface area contributed by atoms with Gasteiger partial charge in [-0.2, -0.15) is 0 Å². The Balaban J connectivity index is 0.000000177. The molecule has 0 heterocycles. The minimum Gasteiger partial charge on any atom is -0.507 e. The van der Waals surface area contributed by atoms with E-state index in [1.807, 2.05) is 106 Å². The van der Waals surface area contributed by atoms with Crippen LogP contribution in [0.4, 0.5) is 0 Å². The molecule has 0 saturated carbocycles. The summed E-state index contributed by atoms with van der Waals surface area (Å²) in [7, 11) is 13.4. The van der Waals surface area contributed by atoms with Gasteiger partial charge in [-0.1, -0.05) is 152 Å². The van der Waals surface area contributed by atoms with E-state index in [0.29, 0.717) is 40.3 Å². The minimum absolute atomic E-state index is 0.0224. The first kappa shape index (κ1) is 96.1. The maximum atomic E-state index is 11.7. The van der Waals surface area contributed by atoms with Crippen molar-refractivity contribution in [2.24, 2.45) is 0 Å². The van der Waals surface area contributed by atoms with Crippen LogP contribution in [-0.4, -0.2) is 118 Å². The Bertz CT molecular complexity index is 6150. The molecule has 0 saturated heterocycles. The molecule has 15 nitrogen and oxygen atoms in total. The highest BCUT2D eigenvalue weighted by Gasteiger charge is 2.22. The normalized spacial score (nSPS) is 10.4. The van der Waals surface area contributed by atoms with Crippen molar-refractivity contribution in [2.45, 2.75) is 48.5 Å². The standard InChI is InChI=1S/C28H26O4.C26H22O4.C26H24O2.C10H6I2.C8H11BO3.C3H7NO.BBr3/c1-17-12-25(30-3)20(16-29)14-23(17)21-10-6-8-19-9-7-11-22(28(19)21)24-15-27(32-5)26(31-4)13-18(24)2;1-15-10-23(28)18(14-27)12-21(15)19-8-4-6-17-7-5-9-20(26(17)19)22-13-25(30-3)24(29)11-16(22)2;1-17-15-20(27-3)11-13-22(17)24-9-5-7-19-8-6-10-25(26(19)24)23-14-12-21(28-4)16-18(23)2;11-8-5-1-3-7-4-2-6-9(12)10(7)8;1-6-5-7(12-2)3-4-8(6)9(10)11;1-4(2)3-5;2-1(3)4/h6-16H,1-5H3;4-14,28-29H,1-3H3;5-16H,1-4H3;1-6H;3-5,10-11H,1-2H3;3H,1-2H3;. The summed E-state index contributed by atoms with van der Waals surface area (Å²) in [5.41, 5.74) is 21.4. The van der Waals surface area contributed by atoms with Gasteiger partial charge in [0.2, 0.25) is 6.41 Å². The molecule has 0 atom stereocenters. The van der Waals surface area contributed by atoms with Crippen LogP contribution >= 0.6 is 92.5 Å². The Morgan fingerprint density at radius 3 is 0.919 bits per heavy atom. The molecule has 15 rings (SSSR count). The Morgan fingerprint density at radius 1 is 0.309 bits per heavy atom. The van der Waals surface area contributed by atoms with Crippen LogP contribution in [0.2, 0.25) is 0 Å². The van der Waals surface area contributed by atoms with Crippen LogP contribution in [-0.2, 0) is 4.79 Å². The van der Waals surface area contributed by atoms with Crippen molar-refractivity contribution < 1.29 is 67.8 Å². The second-order valence-corrected chi connectivity index (χ2v) is 37.5. The third kappa shape index (κ3) is 23.8. The first-order valence-corrected chi connectivity index (χ1v) is 43.7. The predicted molar refractivity (Wildman–Crippen MR) is 536 cm³/mol. The monoisotopic (exact) mass is 2060 g/mol. The number of halogens is 5. The van der Waals surface area contributed by atoms with Crippen molar-refractivity contribution in [1.82, 2.24) is 4.90 Å². The number of nitrogens with zero attached hydrogens (tertiary/aromatic N) is 1. The highest BCUT2D eigenvalue weighted by molar-refractivity contribution is 14.1. The van der Waals surface area contributed by atoms with Crippen LogP contribution in [0.15, 0.2) is 249 Å². The van der Waals surface area contributed by atoms with Gasteiger partial charge in [0.15, 0.2) is 35.6 Å². The zero-order valence-electron chi connectivity index (χ0n) is 71.3. The molecule has 123 heavy (non-hydrogen) atoms. The van der Waals surface area contributed by atoms with Gasteiger partial charge in [-0.15, -0.1) is 47.3 Å². The fraction of sp³-hybridized carbons (Fsp3) is 0.158. The SMILES string of the molecule is BrB(Br)Br.CN(C)C=O.COc1cc(-c2cccc3cccc(-c4cc(C=O)c(O)cc4C)c23)c(C)cc1O.COc1cc(C)c(-c2cccc3cccc(-c4cc(OC)c(OC)cc4C)c23)cc1C=O.COc1ccc(-c2cccc3cccc(-c4ccc(OC)cc4C)c23)c(C)c1.COc1ccc(B(O)O)c(C)c1.Ic1cccc2cccc(I)c12. The molecule has 0 bridgehead atoms.